The average Bonchev–Trinajstić information content (AvgIpc) is 2.83. The van der Waals surface area contributed by atoms with Crippen LogP contribution in [0.3, 0.4) is 0 Å². The molecule has 3 rings (SSSR count). The molecular weight excluding hydrogens is 416 g/mol. The molecule has 33 heavy (non-hydrogen) atoms. The van der Waals surface area contributed by atoms with Crippen LogP contribution in [-0.2, 0) is 0 Å². The quantitative estimate of drug-likeness (QED) is 0.578. The second-order valence-corrected chi connectivity index (χ2v) is 9.19. The van der Waals surface area contributed by atoms with Crippen molar-refractivity contribution in [3.05, 3.63) is 59.7 Å². The predicted octanol–water partition coefficient (Wildman–Crippen LogP) is 4.69. The van der Waals surface area contributed by atoms with Crippen LogP contribution in [0.5, 0.6) is 11.5 Å². The van der Waals surface area contributed by atoms with Crippen molar-refractivity contribution in [1.82, 2.24) is 10.6 Å². The Kier molecular flexibility index (Phi) is 8.75. The largest absolute Gasteiger partial charge is 0.497 e. The van der Waals surface area contributed by atoms with E-state index in [-0.39, 0.29) is 17.9 Å². The molecule has 2 N–H and O–H groups in total. The maximum Gasteiger partial charge on any atom is 0.251 e. The molecule has 2 aromatic rings. The van der Waals surface area contributed by atoms with E-state index in [1.165, 1.54) is 0 Å². The van der Waals surface area contributed by atoms with Gasteiger partial charge in [0.15, 0.2) is 0 Å². The van der Waals surface area contributed by atoms with E-state index in [0.717, 1.165) is 37.2 Å². The molecule has 6 nitrogen and oxygen atoms in total. The Balaban J connectivity index is 1.41. The first-order valence-electron chi connectivity index (χ1n) is 11.8. The Morgan fingerprint density at radius 3 is 1.97 bits per heavy atom. The Bertz CT molecular complexity index is 911. The lowest BCUT2D eigenvalue weighted by Crippen LogP contribution is -2.38. The van der Waals surface area contributed by atoms with Gasteiger partial charge in [0, 0.05) is 23.7 Å². The highest BCUT2D eigenvalue weighted by molar-refractivity contribution is 5.94. The maximum atomic E-state index is 12.5. The number of rotatable bonds is 9. The van der Waals surface area contributed by atoms with Gasteiger partial charge in [0.25, 0.3) is 11.8 Å². The van der Waals surface area contributed by atoms with Crippen LogP contribution in [0.1, 0.15) is 60.2 Å². The van der Waals surface area contributed by atoms with Crippen LogP contribution >= 0.6 is 0 Å². The molecule has 0 aromatic heterocycles. The number of benzene rings is 2. The van der Waals surface area contributed by atoms with Gasteiger partial charge in [-0.2, -0.15) is 0 Å². The van der Waals surface area contributed by atoms with Crippen LogP contribution < -0.4 is 20.1 Å². The van der Waals surface area contributed by atoms with Crippen LogP contribution in [0.15, 0.2) is 48.5 Å². The number of hydrogen-bond donors (Lipinski definition) is 2. The second kappa shape index (κ2) is 11.7. The Hall–Kier alpha value is -3.02. The predicted molar refractivity (Wildman–Crippen MR) is 130 cm³/mol. The fraction of sp³-hybridized carbons (Fsp3) is 0.481. The Morgan fingerprint density at radius 1 is 0.909 bits per heavy atom. The van der Waals surface area contributed by atoms with E-state index in [9.17, 15) is 9.59 Å². The normalized spacial score (nSPS) is 21.0. The van der Waals surface area contributed by atoms with Gasteiger partial charge in [-0.15, -0.1) is 0 Å². The number of ether oxygens (including phenoxy) is 2. The molecule has 1 saturated carbocycles. The third-order valence-electron chi connectivity index (χ3n) is 6.75. The van der Waals surface area contributed by atoms with Gasteiger partial charge in [-0.3, -0.25) is 9.59 Å². The molecule has 4 unspecified atom stereocenters. The fourth-order valence-corrected chi connectivity index (χ4v) is 4.76. The zero-order chi connectivity index (χ0) is 23.8. The first-order chi connectivity index (χ1) is 15.9. The molecule has 0 heterocycles. The number of amides is 2. The summed E-state index contributed by atoms with van der Waals surface area (Å²) in [6, 6.07) is 14.5. The van der Waals surface area contributed by atoms with Gasteiger partial charge in [-0.25, -0.2) is 0 Å². The van der Waals surface area contributed by atoms with Crippen molar-refractivity contribution in [2.75, 3.05) is 20.8 Å². The van der Waals surface area contributed by atoms with Crippen LogP contribution in [0.4, 0.5) is 0 Å². The number of hydrogen-bond acceptors (Lipinski definition) is 4. The van der Waals surface area contributed by atoms with E-state index in [4.69, 9.17) is 9.47 Å². The van der Waals surface area contributed by atoms with Crippen molar-refractivity contribution in [2.24, 2.45) is 17.8 Å². The maximum absolute atomic E-state index is 12.5. The summed E-state index contributed by atoms with van der Waals surface area (Å²) in [6.07, 6.45) is 4.30. The number of carbonyl (C=O) groups excluding carboxylic acids is 2. The van der Waals surface area contributed by atoms with Crippen molar-refractivity contribution in [1.29, 1.82) is 0 Å². The lowest BCUT2D eigenvalue weighted by atomic mass is 9.73. The first kappa shape index (κ1) is 24.6. The lowest BCUT2D eigenvalue weighted by Gasteiger charge is -2.35. The van der Waals surface area contributed by atoms with E-state index < -0.39 is 0 Å². The molecule has 178 valence electrons. The van der Waals surface area contributed by atoms with Crippen LogP contribution in [0.2, 0.25) is 0 Å². The summed E-state index contributed by atoms with van der Waals surface area (Å²) in [7, 11) is 3.23. The van der Waals surface area contributed by atoms with Gasteiger partial charge in [0.1, 0.15) is 11.5 Å². The number of methoxy groups -OCH3 is 2. The highest BCUT2D eigenvalue weighted by Gasteiger charge is 2.29. The summed E-state index contributed by atoms with van der Waals surface area (Å²) in [5, 5.41) is 6.23. The highest BCUT2D eigenvalue weighted by atomic mass is 16.5. The minimum Gasteiger partial charge on any atom is -0.497 e. The molecule has 6 heteroatoms. The van der Waals surface area contributed by atoms with Gasteiger partial charge in [-0.1, -0.05) is 13.3 Å². The van der Waals surface area contributed by atoms with Crippen molar-refractivity contribution >= 4 is 11.8 Å². The second-order valence-electron chi connectivity index (χ2n) is 9.19. The molecule has 0 bridgehead atoms. The van der Waals surface area contributed by atoms with Gasteiger partial charge < -0.3 is 20.1 Å². The van der Waals surface area contributed by atoms with E-state index in [1.54, 1.807) is 62.8 Å². The smallest absolute Gasteiger partial charge is 0.251 e. The Labute approximate surface area is 197 Å². The summed E-state index contributed by atoms with van der Waals surface area (Å²) in [5.41, 5.74) is 1.30. The molecule has 2 amide bonds. The van der Waals surface area contributed by atoms with Gasteiger partial charge >= 0.3 is 0 Å². The van der Waals surface area contributed by atoms with Gasteiger partial charge in [0.2, 0.25) is 0 Å². The molecule has 4 atom stereocenters. The van der Waals surface area contributed by atoms with Crippen molar-refractivity contribution < 1.29 is 19.1 Å². The topological polar surface area (TPSA) is 76.7 Å². The zero-order valence-electron chi connectivity index (χ0n) is 20.1. The molecule has 0 saturated heterocycles. The molecule has 0 radical (unpaired) electrons. The molecule has 2 aromatic carbocycles. The van der Waals surface area contributed by atoms with E-state index in [0.29, 0.717) is 35.4 Å². The molecular formula is C27H36N2O4. The number of nitrogens with one attached hydrogen (secondary N) is 2. The van der Waals surface area contributed by atoms with Gasteiger partial charge in [0.05, 0.1) is 14.2 Å². The standard InChI is InChI=1S/C27H36N2O4/c1-18-15-20(16-19(2)29-27(31)22-9-13-25(33-4)14-10-22)5-6-23(18)17-28-26(30)21-7-11-24(32-3)12-8-21/h7-14,18-20,23H,5-6,15-17H2,1-4H3,(H,28,30)(H,29,31). The minimum atomic E-state index is -0.0480. The van der Waals surface area contributed by atoms with Crippen molar-refractivity contribution in [3.63, 3.8) is 0 Å². The van der Waals surface area contributed by atoms with Crippen molar-refractivity contribution in [2.45, 2.75) is 45.6 Å². The fourth-order valence-electron chi connectivity index (χ4n) is 4.76. The summed E-state index contributed by atoms with van der Waals surface area (Å²) in [5.74, 6) is 2.99. The van der Waals surface area contributed by atoms with Crippen LogP contribution in [0, 0.1) is 17.8 Å². The molecule has 0 spiro atoms. The van der Waals surface area contributed by atoms with E-state index in [2.05, 4.69) is 24.5 Å². The third-order valence-corrected chi connectivity index (χ3v) is 6.75. The molecule has 1 aliphatic carbocycles. The lowest BCUT2D eigenvalue weighted by molar-refractivity contribution is 0.0921. The van der Waals surface area contributed by atoms with Crippen LogP contribution in [0.25, 0.3) is 0 Å². The molecule has 1 aliphatic rings. The summed E-state index contributed by atoms with van der Waals surface area (Å²) in [6.45, 7) is 5.05. The first-order valence-corrected chi connectivity index (χ1v) is 11.8. The van der Waals surface area contributed by atoms with Crippen LogP contribution in [-0.4, -0.2) is 38.6 Å². The molecule has 0 aliphatic heterocycles. The Morgan fingerprint density at radius 2 is 1.45 bits per heavy atom. The van der Waals surface area contributed by atoms with Gasteiger partial charge in [-0.05, 0) is 92.5 Å². The summed E-state index contributed by atoms with van der Waals surface area (Å²) in [4.78, 5) is 25.0. The minimum absolute atomic E-state index is 0.0400. The SMILES string of the molecule is COc1ccc(C(=O)NCC2CCC(CC(C)NC(=O)c3ccc(OC)cc3)CC2C)cc1. The third kappa shape index (κ3) is 6.98. The molecule has 1 fully saturated rings. The van der Waals surface area contributed by atoms with Crippen molar-refractivity contribution in [3.8, 4) is 11.5 Å². The number of carbonyl (C=O) groups is 2. The monoisotopic (exact) mass is 452 g/mol. The average molecular weight is 453 g/mol. The van der Waals surface area contributed by atoms with E-state index in [1.807, 2.05) is 0 Å². The highest BCUT2D eigenvalue weighted by Crippen LogP contribution is 2.35. The summed E-state index contributed by atoms with van der Waals surface area (Å²) < 4.78 is 10.3. The summed E-state index contributed by atoms with van der Waals surface area (Å²) >= 11 is 0. The zero-order valence-corrected chi connectivity index (χ0v) is 20.1. The van der Waals surface area contributed by atoms with E-state index >= 15 is 0 Å².